The van der Waals surface area contributed by atoms with Gasteiger partial charge in [-0.15, -0.1) is 0 Å². The van der Waals surface area contributed by atoms with E-state index in [-0.39, 0.29) is 5.95 Å². The van der Waals surface area contributed by atoms with Crippen molar-refractivity contribution in [2.75, 3.05) is 5.73 Å². The van der Waals surface area contributed by atoms with Crippen LogP contribution in [0.15, 0.2) is 11.1 Å². The highest BCUT2D eigenvalue weighted by Crippen LogP contribution is 2.18. The lowest BCUT2D eigenvalue weighted by Gasteiger charge is -2.15. The van der Waals surface area contributed by atoms with Crippen molar-refractivity contribution in [3.63, 3.8) is 0 Å². The third kappa shape index (κ3) is 3.24. The highest BCUT2D eigenvalue weighted by Gasteiger charge is 2.10. The van der Waals surface area contributed by atoms with Crippen LogP contribution in [0.25, 0.3) is 0 Å². The molecule has 0 aromatic carbocycles. The van der Waals surface area contributed by atoms with Crippen molar-refractivity contribution in [2.45, 2.75) is 57.9 Å². The van der Waals surface area contributed by atoms with E-state index < -0.39 is 0 Å². The van der Waals surface area contributed by atoms with Crippen molar-refractivity contribution in [3.8, 4) is 0 Å². The van der Waals surface area contributed by atoms with Gasteiger partial charge in [-0.1, -0.05) is 32.1 Å². The minimum absolute atomic E-state index is 0.0968. The van der Waals surface area contributed by atoms with Gasteiger partial charge < -0.3 is 10.9 Å². The van der Waals surface area contributed by atoms with Gasteiger partial charge in [0, 0.05) is 6.07 Å². The van der Waals surface area contributed by atoms with Crippen molar-refractivity contribution in [1.82, 2.24) is 9.71 Å². The van der Waals surface area contributed by atoms with E-state index in [9.17, 15) is 5.21 Å². The Labute approximate surface area is 107 Å². The quantitative estimate of drug-likeness (QED) is 0.749. The van der Waals surface area contributed by atoms with Crippen LogP contribution in [0.5, 0.6) is 0 Å². The average molecular weight is 250 g/mol. The van der Waals surface area contributed by atoms with Crippen molar-refractivity contribution in [1.29, 1.82) is 0 Å². The molecule has 5 heteroatoms. The molecule has 5 nitrogen and oxygen atoms in total. The van der Waals surface area contributed by atoms with E-state index >= 15 is 0 Å². The Morgan fingerprint density at radius 1 is 1.28 bits per heavy atom. The molecule has 1 aliphatic rings. The predicted octanol–water partition coefficient (Wildman–Crippen LogP) is 2.02. The smallest absolute Gasteiger partial charge is 0.236 e. The third-order valence-corrected chi connectivity index (χ3v) is 3.51. The lowest BCUT2D eigenvalue weighted by molar-refractivity contribution is 0.180. The summed E-state index contributed by atoms with van der Waals surface area (Å²) in [7, 11) is 0. The summed E-state index contributed by atoms with van der Waals surface area (Å²) >= 11 is 0. The van der Waals surface area contributed by atoms with E-state index in [1.807, 2.05) is 0 Å². The highest BCUT2D eigenvalue weighted by atomic mass is 16.5. The zero-order valence-corrected chi connectivity index (χ0v) is 11.0. The summed E-state index contributed by atoms with van der Waals surface area (Å²) in [5, 5.41) is 9.51. The third-order valence-electron chi connectivity index (χ3n) is 3.51. The van der Waals surface area contributed by atoms with Crippen LogP contribution in [0, 0.1) is 6.92 Å². The molecule has 1 aliphatic carbocycles. The standard InChI is InChI=1S/C13H22N4O/c1-10-9-12(16-13(14)17(10)18)15-11-7-5-3-2-4-6-8-11/h9,11,18H,2-8H2,1H3,(H2,14,15,16). The number of nitrogens with zero attached hydrogens (tertiary/aromatic N) is 3. The van der Waals surface area contributed by atoms with Gasteiger partial charge in [-0.3, -0.25) is 4.99 Å². The molecule has 100 valence electrons. The molecule has 1 aromatic rings. The molecular formula is C13H22N4O. The molecule has 18 heavy (non-hydrogen) atoms. The number of nitrogens with two attached hydrogens (primary N) is 1. The van der Waals surface area contributed by atoms with Gasteiger partial charge in [-0.2, -0.15) is 9.71 Å². The van der Waals surface area contributed by atoms with Gasteiger partial charge in [0.15, 0.2) is 5.49 Å². The van der Waals surface area contributed by atoms with E-state index in [1.54, 1.807) is 13.0 Å². The summed E-state index contributed by atoms with van der Waals surface area (Å²) in [6.45, 7) is 1.79. The van der Waals surface area contributed by atoms with Crippen LogP contribution in [-0.2, 0) is 0 Å². The summed E-state index contributed by atoms with van der Waals surface area (Å²) in [5.74, 6) is 0.0968. The number of hydrogen-bond donors (Lipinski definition) is 2. The minimum Gasteiger partial charge on any atom is -0.425 e. The Balaban J connectivity index is 2.20. The largest absolute Gasteiger partial charge is 0.425 e. The van der Waals surface area contributed by atoms with Crippen molar-refractivity contribution in [2.24, 2.45) is 4.99 Å². The maximum atomic E-state index is 9.51. The molecule has 0 amide bonds. The van der Waals surface area contributed by atoms with Crippen LogP contribution >= 0.6 is 0 Å². The summed E-state index contributed by atoms with van der Waals surface area (Å²) in [6, 6.07) is 2.13. The SMILES string of the molecule is Cc1cc(=NC2CCCCCCC2)nc(N)n1O. The second kappa shape index (κ2) is 5.89. The summed E-state index contributed by atoms with van der Waals surface area (Å²) in [6.07, 6.45) is 8.74. The number of anilines is 1. The minimum atomic E-state index is 0.0968. The van der Waals surface area contributed by atoms with Gasteiger partial charge in [0.2, 0.25) is 5.95 Å². The zero-order chi connectivity index (χ0) is 13.0. The Kier molecular flexibility index (Phi) is 4.23. The highest BCUT2D eigenvalue weighted by molar-refractivity contribution is 5.18. The first-order valence-corrected chi connectivity index (χ1v) is 6.76. The van der Waals surface area contributed by atoms with Crippen LogP contribution in [0.2, 0.25) is 0 Å². The zero-order valence-electron chi connectivity index (χ0n) is 11.0. The molecule has 2 rings (SSSR count). The molecule has 1 heterocycles. The van der Waals surface area contributed by atoms with Gasteiger partial charge in [0.05, 0.1) is 11.7 Å². The Hall–Kier alpha value is -1.52. The van der Waals surface area contributed by atoms with E-state index in [4.69, 9.17) is 5.73 Å². The second-order valence-corrected chi connectivity index (χ2v) is 5.05. The molecule has 0 aliphatic heterocycles. The monoisotopic (exact) mass is 250 g/mol. The molecule has 0 spiro atoms. The van der Waals surface area contributed by atoms with Gasteiger partial charge in [-0.05, 0) is 19.8 Å². The van der Waals surface area contributed by atoms with Crippen molar-refractivity contribution >= 4 is 5.95 Å². The molecule has 1 saturated carbocycles. The summed E-state index contributed by atoms with van der Waals surface area (Å²) in [4.78, 5) is 8.77. The molecule has 0 bridgehead atoms. The van der Waals surface area contributed by atoms with Crippen molar-refractivity contribution in [3.05, 3.63) is 17.2 Å². The molecule has 0 radical (unpaired) electrons. The summed E-state index contributed by atoms with van der Waals surface area (Å²) < 4.78 is 0.886. The molecule has 1 aromatic heterocycles. The first kappa shape index (κ1) is 12.9. The number of rotatable bonds is 1. The van der Waals surface area contributed by atoms with Crippen LogP contribution in [-0.4, -0.2) is 21.0 Å². The Morgan fingerprint density at radius 2 is 1.89 bits per heavy atom. The topological polar surface area (TPSA) is 76.4 Å². The van der Waals surface area contributed by atoms with E-state index in [2.05, 4.69) is 9.98 Å². The summed E-state index contributed by atoms with van der Waals surface area (Å²) in [5.41, 5.74) is 6.92. The van der Waals surface area contributed by atoms with E-state index in [0.29, 0.717) is 17.2 Å². The molecule has 3 N–H and O–H groups in total. The Bertz CT molecular complexity index is 432. The lowest BCUT2D eigenvalue weighted by atomic mass is 9.97. The Morgan fingerprint density at radius 3 is 2.50 bits per heavy atom. The lowest BCUT2D eigenvalue weighted by Crippen LogP contribution is -2.21. The first-order valence-electron chi connectivity index (χ1n) is 6.76. The van der Waals surface area contributed by atoms with E-state index in [1.165, 1.54) is 32.1 Å². The van der Waals surface area contributed by atoms with Crippen LogP contribution in [0.4, 0.5) is 5.95 Å². The maximum Gasteiger partial charge on any atom is 0.236 e. The number of aryl methyl sites for hydroxylation is 1. The molecule has 0 saturated heterocycles. The van der Waals surface area contributed by atoms with Crippen molar-refractivity contribution < 1.29 is 5.21 Å². The van der Waals surface area contributed by atoms with Crippen LogP contribution in [0.1, 0.15) is 50.6 Å². The fourth-order valence-corrected chi connectivity index (χ4v) is 2.44. The number of hydrogen-bond acceptors (Lipinski definition) is 4. The fraction of sp³-hybridized carbons (Fsp3) is 0.692. The van der Waals surface area contributed by atoms with Gasteiger partial charge in [0.1, 0.15) is 0 Å². The molecule has 0 atom stereocenters. The average Bonchev–Trinajstić information content (AvgIpc) is 2.29. The van der Waals surface area contributed by atoms with Gasteiger partial charge in [-0.25, -0.2) is 0 Å². The number of aromatic nitrogens is 2. The van der Waals surface area contributed by atoms with Gasteiger partial charge >= 0.3 is 0 Å². The predicted molar refractivity (Wildman–Crippen MR) is 70.2 cm³/mol. The number of nitrogen functional groups attached to an aromatic ring is 1. The normalized spacial score (nSPS) is 19.5. The van der Waals surface area contributed by atoms with Crippen LogP contribution < -0.4 is 11.2 Å². The second-order valence-electron chi connectivity index (χ2n) is 5.05. The fourth-order valence-electron chi connectivity index (χ4n) is 2.44. The van der Waals surface area contributed by atoms with Gasteiger partial charge in [0.25, 0.3) is 0 Å². The molecule has 0 unspecified atom stereocenters. The van der Waals surface area contributed by atoms with E-state index in [0.717, 1.165) is 17.6 Å². The maximum absolute atomic E-state index is 9.51. The first-order chi connectivity index (χ1) is 8.66. The molecule has 1 fully saturated rings. The molecular weight excluding hydrogens is 228 g/mol. The van der Waals surface area contributed by atoms with Crippen LogP contribution in [0.3, 0.4) is 0 Å².